The van der Waals surface area contributed by atoms with Crippen molar-refractivity contribution < 1.29 is 9.53 Å². The van der Waals surface area contributed by atoms with Gasteiger partial charge in [-0.05, 0) is 24.8 Å². The Balaban J connectivity index is 1.41. The van der Waals surface area contributed by atoms with Crippen LogP contribution >= 0.6 is 11.8 Å². The van der Waals surface area contributed by atoms with Gasteiger partial charge in [0.15, 0.2) is 0 Å². The standard InChI is InChI=1S/C19H28N2O2S/c1-14(21-18(22)23-13-16-10-6-3-7-11-16)19(20)17(24-19)12-15-8-4-2-5-9-15/h3,6-7,10-11,14-15,17H,2,4-5,8-9,12-13,20H2,1H3,(H,21,22)/t14-,17?,19+/m0/s1. The highest BCUT2D eigenvalue weighted by Gasteiger charge is 2.56. The smallest absolute Gasteiger partial charge is 0.407 e. The van der Waals surface area contributed by atoms with Crippen molar-refractivity contribution in [1.82, 2.24) is 5.32 Å². The van der Waals surface area contributed by atoms with Gasteiger partial charge in [-0.25, -0.2) is 4.79 Å². The molecule has 2 fully saturated rings. The molecular formula is C19H28N2O2S. The average Bonchev–Trinajstić information content (AvgIpc) is 3.26. The fourth-order valence-electron chi connectivity index (χ4n) is 3.61. The fourth-order valence-corrected chi connectivity index (χ4v) is 4.96. The largest absolute Gasteiger partial charge is 0.445 e. The Morgan fingerprint density at radius 1 is 1.33 bits per heavy atom. The van der Waals surface area contributed by atoms with Gasteiger partial charge < -0.3 is 15.8 Å². The summed E-state index contributed by atoms with van der Waals surface area (Å²) in [5.41, 5.74) is 7.48. The van der Waals surface area contributed by atoms with Crippen LogP contribution in [0.15, 0.2) is 30.3 Å². The molecule has 0 spiro atoms. The number of ether oxygens (including phenoxy) is 1. The Bertz CT molecular complexity index is 548. The zero-order valence-electron chi connectivity index (χ0n) is 14.4. The van der Waals surface area contributed by atoms with E-state index in [2.05, 4.69) is 5.32 Å². The molecule has 4 nitrogen and oxygen atoms in total. The molecule has 3 rings (SSSR count). The van der Waals surface area contributed by atoms with Crippen LogP contribution in [0.5, 0.6) is 0 Å². The third-order valence-electron chi connectivity index (χ3n) is 5.29. The van der Waals surface area contributed by atoms with Gasteiger partial charge in [0.2, 0.25) is 0 Å². The third-order valence-corrected chi connectivity index (χ3v) is 6.95. The summed E-state index contributed by atoms with van der Waals surface area (Å²) in [6, 6.07) is 9.62. The van der Waals surface area contributed by atoms with Gasteiger partial charge >= 0.3 is 6.09 Å². The topological polar surface area (TPSA) is 64.3 Å². The molecule has 0 bridgehead atoms. The van der Waals surface area contributed by atoms with E-state index in [1.54, 1.807) is 11.8 Å². The minimum absolute atomic E-state index is 0.0839. The Hall–Kier alpha value is -1.20. The summed E-state index contributed by atoms with van der Waals surface area (Å²) in [7, 11) is 0. The SMILES string of the molecule is C[C@H](NC(=O)OCc1ccccc1)[C@@]1(N)SC1CC1CCCCC1. The van der Waals surface area contributed by atoms with Crippen molar-refractivity contribution in [3.05, 3.63) is 35.9 Å². The zero-order valence-corrected chi connectivity index (χ0v) is 15.2. The lowest BCUT2D eigenvalue weighted by molar-refractivity contribution is 0.134. The summed E-state index contributed by atoms with van der Waals surface area (Å²) in [6.45, 7) is 2.27. The van der Waals surface area contributed by atoms with E-state index in [0.717, 1.165) is 11.5 Å². The van der Waals surface area contributed by atoms with E-state index in [0.29, 0.717) is 5.25 Å². The number of benzene rings is 1. The van der Waals surface area contributed by atoms with E-state index in [4.69, 9.17) is 10.5 Å². The highest BCUT2D eigenvalue weighted by Crippen LogP contribution is 2.55. The lowest BCUT2D eigenvalue weighted by atomic mass is 9.84. The normalized spacial score (nSPS) is 28.2. The first kappa shape index (κ1) is 17.6. The van der Waals surface area contributed by atoms with Gasteiger partial charge in [-0.3, -0.25) is 0 Å². The van der Waals surface area contributed by atoms with Gasteiger partial charge in [-0.1, -0.05) is 62.4 Å². The monoisotopic (exact) mass is 348 g/mol. The average molecular weight is 349 g/mol. The number of carbonyl (C=O) groups excluding carboxylic acids is 1. The van der Waals surface area contributed by atoms with Crippen LogP contribution in [0, 0.1) is 5.92 Å². The first-order valence-corrected chi connectivity index (χ1v) is 9.90. The van der Waals surface area contributed by atoms with Gasteiger partial charge in [0, 0.05) is 5.25 Å². The number of nitrogens with one attached hydrogen (secondary N) is 1. The second-order valence-electron chi connectivity index (χ2n) is 7.13. The van der Waals surface area contributed by atoms with Gasteiger partial charge in [0.05, 0.1) is 10.9 Å². The van der Waals surface area contributed by atoms with E-state index in [1.807, 2.05) is 37.3 Å². The molecule has 5 heteroatoms. The van der Waals surface area contributed by atoms with Crippen molar-refractivity contribution in [2.24, 2.45) is 11.7 Å². The molecular weight excluding hydrogens is 320 g/mol. The summed E-state index contributed by atoms with van der Waals surface area (Å²) in [5.74, 6) is 0.818. The minimum atomic E-state index is -0.389. The van der Waals surface area contributed by atoms with Crippen LogP contribution in [0.4, 0.5) is 4.79 Å². The predicted octanol–water partition coefficient (Wildman–Crippen LogP) is 4.04. The number of thioether (sulfide) groups is 1. The maximum absolute atomic E-state index is 12.0. The van der Waals surface area contributed by atoms with Crippen molar-refractivity contribution in [3.63, 3.8) is 0 Å². The third kappa shape index (κ3) is 4.45. The molecule has 1 unspecified atom stereocenters. The van der Waals surface area contributed by atoms with Crippen molar-refractivity contribution in [1.29, 1.82) is 0 Å². The summed E-state index contributed by atoms with van der Waals surface area (Å²) in [4.78, 5) is 11.7. The predicted molar refractivity (Wildman–Crippen MR) is 98.7 cm³/mol. The first-order chi connectivity index (χ1) is 11.6. The summed E-state index contributed by atoms with van der Waals surface area (Å²) in [6.07, 6.45) is 7.58. The van der Waals surface area contributed by atoms with E-state index in [-0.39, 0.29) is 23.6 Å². The maximum Gasteiger partial charge on any atom is 0.407 e. The molecule has 1 aliphatic heterocycles. The molecule has 1 saturated heterocycles. The summed E-state index contributed by atoms with van der Waals surface area (Å²) < 4.78 is 5.29. The highest BCUT2D eigenvalue weighted by atomic mass is 32.2. The minimum Gasteiger partial charge on any atom is -0.445 e. The lowest BCUT2D eigenvalue weighted by Crippen LogP contribution is -2.49. The summed E-state index contributed by atoms with van der Waals surface area (Å²) >= 11 is 1.80. The molecule has 24 heavy (non-hydrogen) atoms. The fraction of sp³-hybridized carbons (Fsp3) is 0.632. The molecule has 1 aromatic rings. The molecule has 2 aliphatic rings. The molecule has 3 atom stereocenters. The van der Waals surface area contributed by atoms with Crippen LogP contribution in [0.3, 0.4) is 0 Å². The Morgan fingerprint density at radius 2 is 2.04 bits per heavy atom. The van der Waals surface area contributed by atoms with E-state index < -0.39 is 0 Å². The number of hydrogen-bond acceptors (Lipinski definition) is 4. The van der Waals surface area contributed by atoms with Gasteiger partial charge in [0.25, 0.3) is 0 Å². The second kappa shape index (κ2) is 7.79. The molecule has 132 valence electrons. The Kier molecular flexibility index (Phi) is 5.72. The van der Waals surface area contributed by atoms with Crippen LogP contribution in [0.1, 0.15) is 51.0 Å². The van der Waals surface area contributed by atoms with Crippen molar-refractivity contribution in [2.75, 3.05) is 0 Å². The molecule has 1 aliphatic carbocycles. The van der Waals surface area contributed by atoms with Gasteiger partial charge in [0.1, 0.15) is 6.61 Å². The van der Waals surface area contributed by atoms with Crippen LogP contribution in [0.2, 0.25) is 0 Å². The van der Waals surface area contributed by atoms with Gasteiger partial charge in [-0.2, -0.15) is 0 Å². The molecule has 1 heterocycles. The van der Waals surface area contributed by atoms with E-state index in [9.17, 15) is 4.79 Å². The Morgan fingerprint density at radius 3 is 2.75 bits per heavy atom. The molecule has 3 N–H and O–H groups in total. The summed E-state index contributed by atoms with van der Waals surface area (Å²) in [5, 5.41) is 3.38. The Labute approximate surface area is 148 Å². The number of rotatable bonds is 6. The molecule has 0 radical (unpaired) electrons. The molecule has 1 amide bonds. The van der Waals surface area contributed by atoms with E-state index in [1.165, 1.54) is 38.5 Å². The van der Waals surface area contributed by atoms with E-state index >= 15 is 0 Å². The van der Waals surface area contributed by atoms with Crippen molar-refractivity contribution >= 4 is 17.9 Å². The quantitative estimate of drug-likeness (QED) is 0.762. The highest BCUT2D eigenvalue weighted by molar-refractivity contribution is 8.08. The van der Waals surface area contributed by atoms with Crippen LogP contribution in [-0.2, 0) is 11.3 Å². The maximum atomic E-state index is 12.0. The number of hydrogen-bond donors (Lipinski definition) is 2. The molecule has 1 saturated carbocycles. The number of alkyl carbamates (subject to hydrolysis) is 1. The van der Waals surface area contributed by atoms with Gasteiger partial charge in [-0.15, -0.1) is 11.8 Å². The lowest BCUT2D eigenvalue weighted by Gasteiger charge is -2.24. The van der Waals surface area contributed by atoms with Crippen LogP contribution < -0.4 is 11.1 Å². The molecule has 0 aromatic heterocycles. The van der Waals surface area contributed by atoms with Crippen LogP contribution in [-0.4, -0.2) is 22.3 Å². The zero-order chi connectivity index (χ0) is 17.0. The number of amides is 1. The number of nitrogens with two attached hydrogens (primary N) is 1. The van der Waals surface area contributed by atoms with Crippen molar-refractivity contribution in [3.8, 4) is 0 Å². The molecule has 1 aromatic carbocycles. The van der Waals surface area contributed by atoms with Crippen molar-refractivity contribution in [2.45, 2.75) is 68.2 Å². The number of carbonyl (C=O) groups is 1. The first-order valence-electron chi connectivity index (χ1n) is 9.02. The van der Waals surface area contributed by atoms with Crippen LogP contribution in [0.25, 0.3) is 0 Å². The second-order valence-corrected chi connectivity index (χ2v) is 8.64.